The SMILES string of the molecule is Cn1nnc(C=O)c1-c1cccc(C(F)(F)F)c1. The number of halogens is 3. The van der Waals surface area contributed by atoms with E-state index < -0.39 is 11.7 Å². The van der Waals surface area contributed by atoms with Crippen molar-refractivity contribution < 1.29 is 18.0 Å². The molecule has 1 aromatic heterocycles. The van der Waals surface area contributed by atoms with Gasteiger partial charge in [0.15, 0.2) is 12.0 Å². The van der Waals surface area contributed by atoms with Crippen LogP contribution in [0.3, 0.4) is 0 Å². The average Bonchev–Trinajstić information content (AvgIpc) is 2.69. The fourth-order valence-corrected chi connectivity index (χ4v) is 1.63. The molecule has 0 bridgehead atoms. The maximum Gasteiger partial charge on any atom is 0.416 e. The number of carbonyl (C=O) groups excluding carboxylic acids is 1. The highest BCUT2D eigenvalue weighted by atomic mass is 19.4. The zero-order valence-corrected chi connectivity index (χ0v) is 9.27. The van der Waals surface area contributed by atoms with E-state index in [2.05, 4.69) is 10.3 Å². The van der Waals surface area contributed by atoms with Crippen LogP contribution in [0.2, 0.25) is 0 Å². The summed E-state index contributed by atoms with van der Waals surface area (Å²) >= 11 is 0. The van der Waals surface area contributed by atoms with Crippen molar-refractivity contribution in [2.24, 2.45) is 7.05 Å². The molecule has 18 heavy (non-hydrogen) atoms. The van der Waals surface area contributed by atoms with E-state index in [1.165, 1.54) is 23.9 Å². The van der Waals surface area contributed by atoms with Gasteiger partial charge in [0, 0.05) is 12.6 Å². The molecular formula is C11H8F3N3O. The highest BCUT2D eigenvalue weighted by Crippen LogP contribution is 2.32. The first-order chi connectivity index (χ1) is 8.43. The van der Waals surface area contributed by atoms with Crippen LogP contribution in [-0.2, 0) is 13.2 Å². The zero-order chi connectivity index (χ0) is 13.3. The lowest BCUT2D eigenvalue weighted by Gasteiger charge is -2.08. The van der Waals surface area contributed by atoms with E-state index in [4.69, 9.17) is 0 Å². The molecule has 0 aliphatic carbocycles. The fourth-order valence-electron chi connectivity index (χ4n) is 1.63. The third-order valence-corrected chi connectivity index (χ3v) is 2.43. The van der Waals surface area contributed by atoms with Crippen LogP contribution in [0.25, 0.3) is 11.3 Å². The molecule has 0 aliphatic heterocycles. The second kappa shape index (κ2) is 4.25. The highest BCUT2D eigenvalue weighted by molar-refractivity contribution is 5.83. The van der Waals surface area contributed by atoms with E-state index in [1.54, 1.807) is 0 Å². The normalized spacial score (nSPS) is 11.6. The fraction of sp³-hybridized carbons (Fsp3) is 0.182. The average molecular weight is 255 g/mol. The number of alkyl halides is 3. The molecule has 1 aromatic carbocycles. The standard InChI is InChI=1S/C11H8F3N3O/c1-17-10(9(6-18)15-16-17)7-3-2-4-8(5-7)11(12,13)14/h2-6H,1H3. The zero-order valence-electron chi connectivity index (χ0n) is 9.27. The molecule has 0 aliphatic rings. The smallest absolute Gasteiger partial charge is 0.296 e. The van der Waals surface area contributed by atoms with Crippen LogP contribution in [0.5, 0.6) is 0 Å². The maximum absolute atomic E-state index is 12.6. The van der Waals surface area contributed by atoms with Gasteiger partial charge in [0.05, 0.1) is 11.3 Å². The van der Waals surface area contributed by atoms with Crippen LogP contribution < -0.4 is 0 Å². The summed E-state index contributed by atoms with van der Waals surface area (Å²) in [7, 11) is 1.51. The number of aromatic nitrogens is 3. The van der Waals surface area contributed by atoms with Crippen LogP contribution in [0.15, 0.2) is 24.3 Å². The summed E-state index contributed by atoms with van der Waals surface area (Å²) in [6.07, 6.45) is -3.97. The Morgan fingerprint density at radius 3 is 2.67 bits per heavy atom. The molecule has 2 rings (SSSR count). The maximum atomic E-state index is 12.6. The molecule has 0 fully saturated rings. The van der Waals surface area contributed by atoms with E-state index in [0.29, 0.717) is 6.29 Å². The minimum atomic E-state index is -4.43. The molecule has 0 saturated heterocycles. The van der Waals surface area contributed by atoms with Gasteiger partial charge in [-0.3, -0.25) is 4.79 Å². The van der Waals surface area contributed by atoms with Gasteiger partial charge in [-0.05, 0) is 12.1 Å². The molecule has 0 amide bonds. The van der Waals surface area contributed by atoms with E-state index in [1.807, 2.05) is 0 Å². The summed E-state index contributed by atoms with van der Waals surface area (Å²) in [5.74, 6) is 0. The number of hydrogen-bond acceptors (Lipinski definition) is 3. The minimum absolute atomic E-state index is 0.0109. The number of aldehydes is 1. The number of hydrogen-bond donors (Lipinski definition) is 0. The summed E-state index contributed by atoms with van der Waals surface area (Å²) in [5.41, 5.74) is -0.259. The predicted molar refractivity (Wildman–Crippen MR) is 56.8 cm³/mol. The molecule has 0 saturated carbocycles. The quantitative estimate of drug-likeness (QED) is 0.774. The van der Waals surface area contributed by atoms with Gasteiger partial charge >= 0.3 is 6.18 Å². The van der Waals surface area contributed by atoms with Crippen molar-refractivity contribution in [2.45, 2.75) is 6.18 Å². The first kappa shape index (κ1) is 12.3. The Morgan fingerprint density at radius 2 is 2.06 bits per heavy atom. The topological polar surface area (TPSA) is 47.8 Å². The Labute approximate surface area is 100 Å². The largest absolute Gasteiger partial charge is 0.416 e. The Morgan fingerprint density at radius 1 is 1.33 bits per heavy atom. The second-order valence-corrected chi connectivity index (χ2v) is 3.64. The third kappa shape index (κ3) is 2.11. The summed E-state index contributed by atoms with van der Waals surface area (Å²) in [6, 6.07) is 4.68. The van der Waals surface area contributed by atoms with Crippen LogP contribution in [0, 0.1) is 0 Å². The molecule has 0 N–H and O–H groups in total. The van der Waals surface area contributed by atoms with Crippen molar-refractivity contribution in [1.29, 1.82) is 0 Å². The monoisotopic (exact) mass is 255 g/mol. The lowest BCUT2D eigenvalue weighted by molar-refractivity contribution is -0.137. The molecule has 94 valence electrons. The molecule has 2 aromatic rings. The Hall–Kier alpha value is -2.18. The van der Waals surface area contributed by atoms with Crippen molar-refractivity contribution in [3.8, 4) is 11.3 Å². The second-order valence-electron chi connectivity index (χ2n) is 3.64. The van der Waals surface area contributed by atoms with Crippen LogP contribution >= 0.6 is 0 Å². The van der Waals surface area contributed by atoms with Crippen LogP contribution in [-0.4, -0.2) is 21.3 Å². The van der Waals surface area contributed by atoms with Crippen molar-refractivity contribution in [3.05, 3.63) is 35.5 Å². The summed E-state index contributed by atoms with van der Waals surface area (Å²) in [5, 5.41) is 7.18. The summed E-state index contributed by atoms with van der Waals surface area (Å²) in [4.78, 5) is 10.8. The molecule has 0 radical (unpaired) electrons. The number of rotatable bonds is 2. The van der Waals surface area contributed by atoms with Gasteiger partial charge < -0.3 is 0 Å². The number of benzene rings is 1. The Bertz CT molecular complexity index is 589. The van der Waals surface area contributed by atoms with E-state index >= 15 is 0 Å². The molecule has 0 spiro atoms. The predicted octanol–water partition coefficient (Wildman–Crippen LogP) is 2.31. The van der Waals surface area contributed by atoms with E-state index in [0.717, 1.165) is 12.1 Å². The molecule has 0 unspecified atom stereocenters. The van der Waals surface area contributed by atoms with Gasteiger partial charge in [-0.25, -0.2) is 4.68 Å². The van der Waals surface area contributed by atoms with Gasteiger partial charge in [-0.1, -0.05) is 17.3 Å². The van der Waals surface area contributed by atoms with Crippen LogP contribution in [0.4, 0.5) is 13.2 Å². The molecule has 1 heterocycles. The third-order valence-electron chi connectivity index (χ3n) is 2.43. The van der Waals surface area contributed by atoms with Crippen molar-refractivity contribution in [2.75, 3.05) is 0 Å². The number of carbonyl (C=O) groups is 1. The van der Waals surface area contributed by atoms with Crippen molar-refractivity contribution >= 4 is 6.29 Å². The summed E-state index contributed by atoms with van der Waals surface area (Å²) < 4.78 is 39.0. The molecule has 7 heteroatoms. The van der Waals surface area contributed by atoms with Gasteiger partial charge in [0.1, 0.15) is 0 Å². The Kier molecular flexibility index (Phi) is 2.90. The minimum Gasteiger partial charge on any atom is -0.296 e. The number of aryl methyl sites for hydroxylation is 1. The highest BCUT2D eigenvalue weighted by Gasteiger charge is 2.30. The first-order valence-corrected chi connectivity index (χ1v) is 4.96. The molecular weight excluding hydrogens is 247 g/mol. The Balaban J connectivity index is 2.58. The van der Waals surface area contributed by atoms with Gasteiger partial charge in [-0.15, -0.1) is 5.10 Å². The lowest BCUT2D eigenvalue weighted by atomic mass is 10.1. The molecule has 4 nitrogen and oxygen atoms in total. The van der Waals surface area contributed by atoms with Crippen LogP contribution in [0.1, 0.15) is 16.1 Å². The van der Waals surface area contributed by atoms with Crippen molar-refractivity contribution in [3.63, 3.8) is 0 Å². The van der Waals surface area contributed by atoms with Gasteiger partial charge in [0.25, 0.3) is 0 Å². The first-order valence-electron chi connectivity index (χ1n) is 4.96. The van der Waals surface area contributed by atoms with E-state index in [-0.39, 0.29) is 17.0 Å². The van der Waals surface area contributed by atoms with Crippen molar-refractivity contribution in [1.82, 2.24) is 15.0 Å². The summed E-state index contributed by atoms with van der Waals surface area (Å²) in [6.45, 7) is 0. The van der Waals surface area contributed by atoms with Gasteiger partial charge in [-0.2, -0.15) is 13.2 Å². The lowest BCUT2D eigenvalue weighted by Crippen LogP contribution is -2.05. The number of nitrogens with zero attached hydrogens (tertiary/aromatic N) is 3. The molecule has 0 atom stereocenters. The van der Waals surface area contributed by atoms with Gasteiger partial charge in [0.2, 0.25) is 0 Å². The van der Waals surface area contributed by atoms with E-state index in [9.17, 15) is 18.0 Å².